The average Bonchev–Trinajstić information content (AvgIpc) is 3.60. The molecule has 30 heavy (non-hydrogen) atoms. The lowest BCUT2D eigenvalue weighted by molar-refractivity contribution is 0.210. The summed E-state index contributed by atoms with van der Waals surface area (Å²) >= 11 is 0. The zero-order chi connectivity index (χ0) is 20.9. The molecule has 7 heteroatoms. The van der Waals surface area contributed by atoms with Crippen LogP contribution in [-0.4, -0.2) is 33.5 Å². The molecule has 7 nitrogen and oxygen atoms in total. The van der Waals surface area contributed by atoms with Crippen LogP contribution in [0.2, 0.25) is 0 Å². The van der Waals surface area contributed by atoms with Crippen molar-refractivity contribution in [2.75, 3.05) is 17.2 Å². The van der Waals surface area contributed by atoms with Gasteiger partial charge in [0.1, 0.15) is 12.1 Å². The van der Waals surface area contributed by atoms with Gasteiger partial charge in [-0.1, -0.05) is 12.0 Å². The number of amides is 2. The van der Waals surface area contributed by atoms with E-state index in [4.69, 9.17) is 11.7 Å². The first-order chi connectivity index (χ1) is 14.7. The lowest BCUT2D eigenvalue weighted by Crippen LogP contribution is -2.37. The second-order valence-electron chi connectivity index (χ2n) is 7.07. The van der Waals surface area contributed by atoms with E-state index in [1.165, 1.54) is 6.33 Å². The molecule has 0 saturated heterocycles. The molecule has 0 aliphatic heterocycles. The van der Waals surface area contributed by atoms with Crippen molar-refractivity contribution in [3.05, 3.63) is 54.4 Å². The van der Waals surface area contributed by atoms with Gasteiger partial charge in [0.2, 0.25) is 0 Å². The van der Waals surface area contributed by atoms with E-state index in [2.05, 4.69) is 32.6 Å². The van der Waals surface area contributed by atoms with E-state index in [0.717, 1.165) is 35.0 Å². The fourth-order valence-corrected chi connectivity index (χ4v) is 3.26. The first kappa shape index (κ1) is 19.2. The SMILES string of the molecule is C#Cc1cccc(Nc2ncnc3ccc(NC(=O)N(CCC#N)C4CC4)cc23)c1. The molecule has 0 atom stereocenters. The average molecular weight is 396 g/mol. The topological polar surface area (TPSA) is 93.9 Å². The number of carbonyl (C=O) groups is 1. The number of carbonyl (C=O) groups excluding carboxylic acids is 1. The number of fused-ring (bicyclic) bond motifs is 1. The smallest absolute Gasteiger partial charge is 0.322 e. The number of urea groups is 1. The van der Waals surface area contributed by atoms with Gasteiger partial charge >= 0.3 is 6.03 Å². The number of aromatic nitrogens is 2. The summed E-state index contributed by atoms with van der Waals surface area (Å²) < 4.78 is 0. The summed E-state index contributed by atoms with van der Waals surface area (Å²) in [5, 5.41) is 15.8. The molecular weight excluding hydrogens is 376 g/mol. The second-order valence-corrected chi connectivity index (χ2v) is 7.07. The lowest BCUT2D eigenvalue weighted by Gasteiger charge is -2.21. The monoisotopic (exact) mass is 396 g/mol. The Hall–Kier alpha value is -4.10. The Kier molecular flexibility index (Phi) is 5.45. The predicted octanol–water partition coefficient (Wildman–Crippen LogP) is 4.26. The highest BCUT2D eigenvalue weighted by Gasteiger charge is 2.32. The van der Waals surface area contributed by atoms with E-state index < -0.39 is 0 Å². The van der Waals surface area contributed by atoms with Crippen molar-refractivity contribution < 1.29 is 4.79 Å². The Morgan fingerprint density at radius 3 is 2.83 bits per heavy atom. The molecule has 1 aliphatic carbocycles. The molecule has 0 radical (unpaired) electrons. The number of hydrogen-bond acceptors (Lipinski definition) is 5. The van der Waals surface area contributed by atoms with Crippen LogP contribution in [0.5, 0.6) is 0 Å². The number of nitrogens with zero attached hydrogens (tertiary/aromatic N) is 4. The van der Waals surface area contributed by atoms with Crippen molar-refractivity contribution in [1.82, 2.24) is 14.9 Å². The van der Waals surface area contributed by atoms with Crippen molar-refractivity contribution in [2.45, 2.75) is 25.3 Å². The van der Waals surface area contributed by atoms with E-state index in [-0.39, 0.29) is 12.1 Å². The van der Waals surface area contributed by atoms with Gasteiger partial charge in [-0.2, -0.15) is 5.26 Å². The number of anilines is 3. The van der Waals surface area contributed by atoms with E-state index in [1.54, 1.807) is 4.90 Å². The summed E-state index contributed by atoms with van der Waals surface area (Å²) in [6.45, 7) is 0.433. The van der Waals surface area contributed by atoms with Crippen LogP contribution in [0.4, 0.5) is 22.0 Å². The van der Waals surface area contributed by atoms with Gasteiger partial charge in [0, 0.05) is 34.9 Å². The summed E-state index contributed by atoms with van der Waals surface area (Å²) in [5.41, 5.74) is 2.98. The largest absolute Gasteiger partial charge is 0.340 e. The zero-order valence-electron chi connectivity index (χ0n) is 16.3. The quantitative estimate of drug-likeness (QED) is 0.607. The summed E-state index contributed by atoms with van der Waals surface area (Å²) in [7, 11) is 0. The van der Waals surface area contributed by atoms with E-state index in [1.807, 2.05) is 42.5 Å². The Bertz CT molecular complexity index is 1170. The van der Waals surface area contributed by atoms with Crippen molar-refractivity contribution in [1.29, 1.82) is 5.26 Å². The van der Waals surface area contributed by atoms with Crippen LogP contribution in [0.3, 0.4) is 0 Å². The third-order valence-corrected chi connectivity index (χ3v) is 4.89. The first-order valence-electron chi connectivity index (χ1n) is 9.71. The van der Waals surface area contributed by atoms with E-state index >= 15 is 0 Å². The van der Waals surface area contributed by atoms with Gasteiger partial charge in [0.25, 0.3) is 0 Å². The summed E-state index contributed by atoms with van der Waals surface area (Å²) in [6.07, 6.45) is 9.26. The standard InChI is InChI=1S/C23H20N6O/c1-2-16-5-3-6-17(13-16)27-22-20-14-18(7-10-21(20)25-15-26-22)28-23(30)29(12-4-11-24)19-8-9-19/h1,3,5-7,10,13-15,19H,4,8-9,12H2,(H,28,30)(H,25,26,27). The Morgan fingerprint density at radius 1 is 1.20 bits per heavy atom. The second kappa shape index (κ2) is 8.50. The van der Waals surface area contributed by atoms with Gasteiger partial charge in [-0.15, -0.1) is 6.42 Å². The molecule has 4 rings (SSSR count). The van der Waals surface area contributed by atoms with Gasteiger partial charge in [0.15, 0.2) is 0 Å². The number of terminal acetylenes is 1. The maximum absolute atomic E-state index is 12.7. The molecular formula is C23H20N6O. The van der Waals surface area contributed by atoms with Crippen LogP contribution in [-0.2, 0) is 0 Å². The number of nitrogens with one attached hydrogen (secondary N) is 2. The molecule has 2 N–H and O–H groups in total. The summed E-state index contributed by atoms with van der Waals surface area (Å²) in [6, 6.07) is 15.1. The molecule has 2 amide bonds. The Morgan fingerprint density at radius 2 is 2.07 bits per heavy atom. The van der Waals surface area contributed by atoms with Crippen LogP contribution < -0.4 is 10.6 Å². The molecule has 1 heterocycles. The molecule has 1 aromatic heterocycles. The summed E-state index contributed by atoms with van der Waals surface area (Å²) in [5.74, 6) is 3.23. The number of benzene rings is 2. The third kappa shape index (κ3) is 4.31. The zero-order valence-corrected chi connectivity index (χ0v) is 16.3. The van der Waals surface area contributed by atoms with Gasteiger partial charge in [0.05, 0.1) is 18.0 Å². The number of rotatable bonds is 6. The highest BCUT2D eigenvalue weighted by molar-refractivity contribution is 5.97. The number of nitriles is 1. The van der Waals surface area contributed by atoms with E-state index in [0.29, 0.717) is 24.5 Å². The normalized spacial score (nSPS) is 12.6. The minimum absolute atomic E-state index is 0.194. The Labute approximate surface area is 174 Å². The van der Waals surface area contributed by atoms with Crippen LogP contribution in [0.25, 0.3) is 10.9 Å². The highest BCUT2D eigenvalue weighted by atomic mass is 16.2. The van der Waals surface area contributed by atoms with Crippen LogP contribution in [0, 0.1) is 23.7 Å². The number of hydrogen-bond donors (Lipinski definition) is 2. The van der Waals surface area contributed by atoms with Crippen molar-refractivity contribution >= 4 is 34.1 Å². The minimum atomic E-state index is -0.194. The summed E-state index contributed by atoms with van der Waals surface area (Å²) in [4.78, 5) is 23.1. The fourth-order valence-electron chi connectivity index (χ4n) is 3.26. The van der Waals surface area contributed by atoms with Crippen LogP contribution in [0.15, 0.2) is 48.8 Å². The van der Waals surface area contributed by atoms with Crippen molar-refractivity contribution in [3.8, 4) is 18.4 Å². The molecule has 1 fully saturated rings. The van der Waals surface area contributed by atoms with Crippen molar-refractivity contribution in [2.24, 2.45) is 0 Å². The van der Waals surface area contributed by atoms with Gasteiger partial charge in [-0.05, 0) is 49.2 Å². The molecule has 0 spiro atoms. The third-order valence-electron chi connectivity index (χ3n) is 4.89. The molecule has 1 aliphatic rings. The van der Waals surface area contributed by atoms with Gasteiger partial charge < -0.3 is 15.5 Å². The lowest BCUT2D eigenvalue weighted by atomic mass is 10.2. The molecule has 0 bridgehead atoms. The maximum atomic E-state index is 12.7. The molecule has 1 saturated carbocycles. The predicted molar refractivity (Wildman–Crippen MR) is 116 cm³/mol. The first-order valence-corrected chi connectivity index (χ1v) is 9.71. The highest BCUT2D eigenvalue weighted by Crippen LogP contribution is 2.29. The van der Waals surface area contributed by atoms with E-state index in [9.17, 15) is 4.79 Å². The molecule has 3 aromatic rings. The van der Waals surface area contributed by atoms with Gasteiger partial charge in [-0.3, -0.25) is 0 Å². The molecule has 2 aromatic carbocycles. The van der Waals surface area contributed by atoms with Crippen molar-refractivity contribution in [3.63, 3.8) is 0 Å². The van der Waals surface area contributed by atoms with Crippen LogP contribution >= 0.6 is 0 Å². The molecule has 0 unspecified atom stereocenters. The Balaban J connectivity index is 1.58. The van der Waals surface area contributed by atoms with Gasteiger partial charge in [-0.25, -0.2) is 14.8 Å². The minimum Gasteiger partial charge on any atom is -0.340 e. The molecule has 148 valence electrons. The van der Waals surface area contributed by atoms with Crippen LogP contribution in [0.1, 0.15) is 24.8 Å². The fraction of sp³-hybridized carbons (Fsp3) is 0.217. The maximum Gasteiger partial charge on any atom is 0.322 e.